The predicted molar refractivity (Wildman–Crippen MR) is 69.7 cm³/mol. The zero-order valence-electron chi connectivity index (χ0n) is 10.3. The first-order chi connectivity index (χ1) is 9.29. The molecule has 7 nitrogen and oxygen atoms in total. The van der Waals surface area contributed by atoms with Crippen molar-refractivity contribution in [3.05, 3.63) is 24.0 Å². The van der Waals surface area contributed by atoms with Gasteiger partial charge in [0, 0.05) is 25.5 Å². The van der Waals surface area contributed by atoms with Gasteiger partial charge in [0.1, 0.15) is 17.5 Å². The molecule has 2 N–H and O–H groups in total. The van der Waals surface area contributed by atoms with Crippen LogP contribution in [-0.2, 0) is 0 Å². The normalized spacial score (nSPS) is 14.6. The van der Waals surface area contributed by atoms with Crippen molar-refractivity contribution in [1.82, 2.24) is 19.7 Å². The van der Waals surface area contributed by atoms with Gasteiger partial charge in [-0.1, -0.05) is 0 Å². The summed E-state index contributed by atoms with van der Waals surface area (Å²) in [5.41, 5.74) is 6.21. The molecule has 0 saturated carbocycles. The van der Waals surface area contributed by atoms with E-state index in [2.05, 4.69) is 26.0 Å². The lowest BCUT2D eigenvalue weighted by molar-refractivity contribution is 0.798. The number of anilines is 2. The van der Waals surface area contributed by atoms with Crippen molar-refractivity contribution in [2.75, 3.05) is 23.7 Å². The third-order valence-corrected chi connectivity index (χ3v) is 3.13. The van der Waals surface area contributed by atoms with Gasteiger partial charge in [-0.05, 0) is 18.9 Å². The van der Waals surface area contributed by atoms with E-state index in [4.69, 9.17) is 5.73 Å². The molecule has 0 atom stereocenters. The van der Waals surface area contributed by atoms with Crippen molar-refractivity contribution in [3.8, 4) is 12.0 Å². The van der Waals surface area contributed by atoms with Crippen LogP contribution in [0, 0.1) is 11.3 Å². The van der Waals surface area contributed by atoms with Gasteiger partial charge in [-0.25, -0.2) is 4.68 Å². The number of hydrogen-bond acceptors (Lipinski definition) is 6. The monoisotopic (exact) mass is 255 g/mol. The Bertz CT molecular complexity index is 620. The molecule has 0 aromatic carbocycles. The molecule has 0 radical (unpaired) electrons. The molecule has 2 aromatic rings. The molecule has 0 unspecified atom stereocenters. The zero-order valence-corrected chi connectivity index (χ0v) is 10.3. The Labute approximate surface area is 110 Å². The van der Waals surface area contributed by atoms with Crippen molar-refractivity contribution >= 4 is 11.6 Å². The molecule has 7 heteroatoms. The van der Waals surface area contributed by atoms with Gasteiger partial charge in [-0.15, -0.1) is 0 Å². The molecule has 1 saturated heterocycles. The average molecular weight is 255 g/mol. The lowest BCUT2D eigenvalue weighted by atomic mass is 10.3. The van der Waals surface area contributed by atoms with Crippen molar-refractivity contribution in [3.63, 3.8) is 0 Å². The van der Waals surface area contributed by atoms with Crippen LogP contribution in [0.3, 0.4) is 0 Å². The molecule has 0 bridgehead atoms. The maximum absolute atomic E-state index is 9.22. The second kappa shape index (κ2) is 4.57. The SMILES string of the molecule is N#Cc1c(N)nc(-n2cccn2)nc1N1CCCC1. The van der Waals surface area contributed by atoms with Crippen LogP contribution in [-0.4, -0.2) is 32.8 Å². The molecule has 96 valence electrons. The van der Waals surface area contributed by atoms with Crippen LogP contribution < -0.4 is 10.6 Å². The third kappa shape index (κ3) is 1.97. The molecule has 2 aromatic heterocycles. The van der Waals surface area contributed by atoms with E-state index in [1.165, 1.54) is 4.68 Å². The minimum Gasteiger partial charge on any atom is -0.382 e. The van der Waals surface area contributed by atoms with E-state index in [9.17, 15) is 5.26 Å². The Balaban J connectivity index is 2.12. The van der Waals surface area contributed by atoms with Gasteiger partial charge in [0.25, 0.3) is 5.95 Å². The first kappa shape index (κ1) is 11.5. The van der Waals surface area contributed by atoms with Crippen LogP contribution in [0.1, 0.15) is 18.4 Å². The molecule has 0 amide bonds. The Kier molecular flexibility index (Phi) is 2.76. The Morgan fingerprint density at radius 3 is 2.68 bits per heavy atom. The quantitative estimate of drug-likeness (QED) is 0.849. The van der Waals surface area contributed by atoms with Crippen LogP contribution in [0.15, 0.2) is 18.5 Å². The van der Waals surface area contributed by atoms with Crippen molar-refractivity contribution < 1.29 is 0 Å². The lowest BCUT2D eigenvalue weighted by Crippen LogP contribution is -2.22. The largest absolute Gasteiger partial charge is 0.382 e. The standard InChI is InChI=1S/C12H13N7/c13-8-9-10(14)16-12(19-7-3-4-15-19)17-11(9)18-5-1-2-6-18/h3-4,7H,1-2,5-6H2,(H2,14,16,17). The van der Waals surface area contributed by atoms with Gasteiger partial charge in [0.2, 0.25) is 0 Å². The molecule has 3 heterocycles. The molecule has 19 heavy (non-hydrogen) atoms. The highest BCUT2D eigenvalue weighted by molar-refractivity contribution is 5.65. The summed E-state index contributed by atoms with van der Waals surface area (Å²) in [6, 6.07) is 3.88. The lowest BCUT2D eigenvalue weighted by Gasteiger charge is -2.18. The number of nitrogens with two attached hydrogens (primary N) is 1. The Morgan fingerprint density at radius 1 is 1.26 bits per heavy atom. The van der Waals surface area contributed by atoms with Crippen LogP contribution in [0.5, 0.6) is 0 Å². The zero-order chi connectivity index (χ0) is 13.2. The van der Waals surface area contributed by atoms with Crippen molar-refractivity contribution in [2.24, 2.45) is 0 Å². The van der Waals surface area contributed by atoms with Crippen LogP contribution in [0.25, 0.3) is 5.95 Å². The summed E-state index contributed by atoms with van der Waals surface area (Å²) in [6.45, 7) is 1.79. The number of nitriles is 1. The fourth-order valence-corrected chi connectivity index (χ4v) is 2.21. The van der Waals surface area contributed by atoms with Gasteiger partial charge in [0.05, 0.1) is 0 Å². The van der Waals surface area contributed by atoms with Gasteiger partial charge >= 0.3 is 0 Å². The average Bonchev–Trinajstić information content (AvgIpc) is 3.11. The number of aromatic nitrogens is 4. The predicted octanol–water partition coefficient (Wildman–Crippen LogP) is 0.716. The van der Waals surface area contributed by atoms with E-state index < -0.39 is 0 Å². The van der Waals surface area contributed by atoms with Gasteiger partial charge in [0.15, 0.2) is 5.82 Å². The van der Waals surface area contributed by atoms with Crippen molar-refractivity contribution in [1.29, 1.82) is 5.26 Å². The summed E-state index contributed by atoms with van der Waals surface area (Å²) in [4.78, 5) is 10.7. The number of hydrogen-bond donors (Lipinski definition) is 1. The minimum atomic E-state index is 0.199. The summed E-state index contributed by atoms with van der Waals surface area (Å²) in [6.07, 6.45) is 5.60. The second-order valence-electron chi connectivity index (χ2n) is 4.36. The van der Waals surface area contributed by atoms with E-state index in [1.54, 1.807) is 18.5 Å². The van der Waals surface area contributed by atoms with Crippen LogP contribution >= 0.6 is 0 Å². The summed E-state index contributed by atoms with van der Waals surface area (Å²) >= 11 is 0. The van der Waals surface area contributed by atoms with E-state index in [0.29, 0.717) is 17.3 Å². The van der Waals surface area contributed by atoms with E-state index in [0.717, 1.165) is 25.9 Å². The first-order valence-electron chi connectivity index (χ1n) is 6.12. The molecule has 0 spiro atoms. The molecule has 1 aliphatic heterocycles. The Hall–Kier alpha value is -2.62. The van der Waals surface area contributed by atoms with Gasteiger partial charge in [-0.3, -0.25) is 0 Å². The van der Waals surface area contributed by atoms with Crippen LogP contribution in [0.2, 0.25) is 0 Å². The molecular formula is C12H13N7. The highest BCUT2D eigenvalue weighted by atomic mass is 15.4. The second-order valence-corrected chi connectivity index (χ2v) is 4.36. The summed E-state index contributed by atoms with van der Waals surface area (Å²) in [5, 5.41) is 13.3. The first-order valence-corrected chi connectivity index (χ1v) is 6.12. The Morgan fingerprint density at radius 2 is 2.05 bits per heavy atom. The number of nitrogen functional groups attached to an aromatic ring is 1. The third-order valence-electron chi connectivity index (χ3n) is 3.13. The molecule has 1 aliphatic rings. The number of rotatable bonds is 2. The maximum atomic E-state index is 9.22. The number of nitrogens with zero attached hydrogens (tertiary/aromatic N) is 6. The summed E-state index contributed by atoms with van der Waals surface area (Å²) in [7, 11) is 0. The topological polar surface area (TPSA) is 96.6 Å². The smallest absolute Gasteiger partial charge is 0.254 e. The highest BCUT2D eigenvalue weighted by Gasteiger charge is 2.21. The molecule has 0 aliphatic carbocycles. The van der Waals surface area contributed by atoms with Crippen molar-refractivity contribution in [2.45, 2.75) is 12.8 Å². The molecular weight excluding hydrogens is 242 g/mol. The molecule has 3 rings (SSSR count). The van der Waals surface area contributed by atoms with Gasteiger partial charge < -0.3 is 10.6 Å². The van der Waals surface area contributed by atoms with E-state index in [1.807, 2.05) is 0 Å². The van der Waals surface area contributed by atoms with E-state index in [-0.39, 0.29) is 5.82 Å². The summed E-state index contributed by atoms with van der Waals surface area (Å²) in [5.74, 6) is 1.20. The highest BCUT2D eigenvalue weighted by Crippen LogP contribution is 2.25. The van der Waals surface area contributed by atoms with Gasteiger partial charge in [-0.2, -0.15) is 20.3 Å². The fraction of sp³-hybridized carbons (Fsp3) is 0.333. The van der Waals surface area contributed by atoms with E-state index >= 15 is 0 Å². The summed E-state index contributed by atoms with van der Waals surface area (Å²) < 4.78 is 1.54. The fourth-order valence-electron chi connectivity index (χ4n) is 2.21. The minimum absolute atomic E-state index is 0.199. The maximum Gasteiger partial charge on any atom is 0.254 e. The van der Waals surface area contributed by atoms with Crippen LogP contribution in [0.4, 0.5) is 11.6 Å². The molecule has 1 fully saturated rings.